The quantitative estimate of drug-likeness (QED) is 0.523. The van der Waals surface area contributed by atoms with Gasteiger partial charge in [-0.15, -0.1) is 0 Å². The van der Waals surface area contributed by atoms with E-state index in [1.807, 2.05) is 0 Å². The van der Waals surface area contributed by atoms with Crippen molar-refractivity contribution in [3.05, 3.63) is 11.6 Å². The third kappa shape index (κ3) is 2.34. The highest BCUT2D eigenvalue weighted by molar-refractivity contribution is 5.17. The zero-order chi connectivity index (χ0) is 9.90. The standard InChI is InChI=1S/C12H22O/c1-10-7-8-11(12(10,2)3)6-4-5-9-13/h7,11,13H,4-6,8-9H2,1-3H3/t11-/m1/s1. The lowest BCUT2D eigenvalue weighted by atomic mass is 9.75. The second kappa shape index (κ2) is 4.28. The molecule has 1 rings (SSSR count). The van der Waals surface area contributed by atoms with E-state index in [-0.39, 0.29) is 0 Å². The zero-order valence-electron chi connectivity index (χ0n) is 9.14. The molecule has 0 aromatic carbocycles. The second-order valence-corrected chi connectivity index (χ2v) is 4.76. The van der Waals surface area contributed by atoms with Crippen molar-refractivity contribution < 1.29 is 5.11 Å². The van der Waals surface area contributed by atoms with Gasteiger partial charge in [0.1, 0.15) is 0 Å². The first-order valence-electron chi connectivity index (χ1n) is 5.37. The molecule has 1 heteroatoms. The Kier molecular flexibility index (Phi) is 3.55. The molecule has 0 heterocycles. The summed E-state index contributed by atoms with van der Waals surface area (Å²) in [6.07, 6.45) is 7.02. The van der Waals surface area contributed by atoms with Crippen LogP contribution in [-0.4, -0.2) is 11.7 Å². The highest BCUT2D eigenvalue weighted by Crippen LogP contribution is 2.45. The van der Waals surface area contributed by atoms with Crippen LogP contribution in [0.1, 0.15) is 46.5 Å². The molecule has 1 nitrogen and oxygen atoms in total. The Morgan fingerprint density at radius 1 is 1.46 bits per heavy atom. The van der Waals surface area contributed by atoms with E-state index >= 15 is 0 Å². The maximum atomic E-state index is 8.71. The molecule has 76 valence electrons. The number of rotatable bonds is 4. The smallest absolute Gasteiger partial charge is 0.0431 e. The predicted molar refractivity (Wildman–Crippen MR) is 56.6 cm³/mol. The number of hydrogen-bond donors (Lipinski definition) is 1. The van der Waals surface area contributed by atoms with Crippen LogP contribution in [0.15, 0.2) is 11.6 Å². The van der Waals surface area contributed by atoms with Crippen LogP contribution < -0.4 is 0 Å². The maximum Gasteiger partial charge on any atom is 0.0431 e. The van der Waals surface area contributed by atoms with Gasteiger partial charge in [-0.2, -0.15) is 0 Å². The SMILES string of the molecule is CC1=CC[C@@H](CCCCO)C1(C)C. The summed E-state index contributed by atoms with van der Waals surface area (Å²) in [5, 5.41) is 8.71. The van der Waals surface area contributed by atoms with Crippen LogP contribution in [0.5, 0.6) is 0 Å². The minimum absolute atomic E-state index is 0.347. The fourth-order valence-electron chi connectivity index (χ4n) is 2.18. The minimum Gasteiger partial charge on any atom is -0.396 e. The summed E-state index contributed by atoms with van der Waals surface area (Å²) in [7, 11) is 0. The number of aliphatic hydroxyl groups is 1. The molecule has 0 saturated heterocycles. The van der Waals surface area contributed by atoms with Gasteiger partial charge in [0.05, 0.1) is 0 Å². The highest BCUT2D eigenvalue weighted by Gasteiger charge is 2.33. The van der Waals surface area contributed by atoms with Crippen molar-refractivity contribution in [2.24, 2.45) is 11.3 Å². The maximum absolute atomic E-state index is 8.71. The summed E-state index contributed by atoms with van der Waals surface area (Å²) in [5.41, 5.74) is 1.94. The highest BCUT2D eigenvalue weighted by atomic mass is 16.2. The Balaban J connectivity index is 2.38. The van der Waals surface area contributed by atoms with Gasteiger partial charge in [-0.05, 0) is 37.5 Å². The van der Waals surface area contributed by atoms with Crippen molar-refractivity contribution >= 4 is 0 Å². The lowest BCUT2D eigenvalue weighted by molar-refractivity contribution is 0.244. The van der Waals surface area contributed by atoms with Crippen LogP contribution in [-0.2, 0) is 0 Å². The molecule has 0 spiro atoms. The Hall–Kier alpha value is -0.300. The molecule has 1 aliphatic carbocycles. The molecule has 0 aliphatic heterocycles. The van der Waals surface area contributed by atoms with Crippen LogP contribution in [0.3, 0.4) is 0 Å². The van der Waals surface area contributed by atoms with Crippen molar-refractivity contribution in [1.29, 1.82) is 0 Å². The van der Waals surface area contributed by atoms with E-state index < -0.39 is 0 Å². The van der Waals surface area contributed by atoms with Gasteiger partial charge >= 0.3 is 0 Å². The molecule has 1 atom stereocenters. The van der Waals surface area contributed by atoms with Gasteiger partial charge in [0, 0.05) is 6.61 Å². The molecule has 1 N–H and O–H groups in total. The molecule has 0 radical (unpaired) electrons. The van der Waals surface area contributed by atoms with E-state index in [0.29, 0.717) is 12.0 Å². The van der Waals surface area contributed by atoms with E-state index in [1.165, 1.54) is 19.3 Å². The summed E-state index contributed by atoms with van der Waals surface area (Å²) in [6.45, 7) is 7.27. The average Bonchev–Trinajstić information content (AvgIpc) is 2.32. The van der Waals surface area contributed by atoms with E-state index in [0.717, 1.165) is 12.3 Å². The van der Waals surface area contributed by atoms with Crippen molar-refractivity contribution in [3.63, 3.8) is 0 Å². The van der Waals surface area contributed by atoms with Crippen molar-refractivity contribution in [2.75, 3.05) is 6.61 Å². The van der Waals surface area contributed by atoms with Crippen molar-refractivity contribution in [2.45, 2.75) is 46.5 Å². The van der Waals surface area contributed by atoms with Crippen LogP contribution in [0, 0.1) is 11.3 Å². The predicted octanol–water partition coefficient (Wildman–Crippen LogP) is 3.14. The molecular formula is C12H22O. The normalized spacial score (nSPS) is 26.2. The van der Waals surface area contributed by atoms with Gasteiger partial charge in [-0.3, -0.25) is 0 Å². The molecule has 0 aromatic rings. The first-order valence-corrected chi connectivity index (χ1v) is 5.37. The summed E-state index contributed by atoms with van der Waals surface area (Å²) in [5.74, 6) is 0.805. The summed E-state index contributed by atoms with van der Waals surface area (Å²) in [4.78, 5) is 0. The van der Waals surface area contributed by atoms with E-state index in [1.54, 1.807) is 5.57 Å². The van der Waals surface area contributed by atoms with E-state index in [4.69, 9.17) is 5.11 Å². The molecular weight excluding hydrogens is 160 g/mol. The monoisotopic (exact) mass is 182 g/mol. The van der Waals surface area contributed by atoms with Crippen LogP contribution in [0.25, 0.3) is 0 Å². The molecule has 0 bridgehead atoms. The largest absolute Gasteiger partial charge is 0.396 e. The Morgan fingerprint density at radius 3 is 2.62 bits per heavy atom. The number of hydrogen-bond acceptors (Lipinski definition) is 1. The van der Waals surface area contributed by atoms with Crippen LogP contribution in [0.4, 0.5) is 0 Å². The lowest BCUT2D eigenvalue weighted by Gasteiger charge is -2.29. The van der Waals surface area contributed by atoms with Gasteiger partial charge in [-0.1, -0.05) is 31.9 Å². The average molecular weight is 182 g/mol. The first kappa shape index (κ1) is 10.8. The van der Waals surface area contributed by atoms with E-state index in [9.17, 15) is 0 Å². The Morgan fingerprint density at radius 2 is 2.15 bits per heavy atom. The van der Waals surface area contributed by atoms with Crippen molar-refractivity contribution in [1.82, 2.24) is 0 Å². The number of unbranched alkanes of at least 4 members (excludes halogenated alkanes) is 1. The molecule has 13 heavy (non-hydrogen) atoms. The van der Waals surface area contributed by atoms with Gasteiger partial charge in [0.2, 0.25) is 0 Å². The minimum atomic E-state index is 0.347. The first-order chi connectivity index (χ1) is 6.09. The topological polar surface area (TPSA) is 20.2 Å². The van der Waals surface area contributed by atoms with Gasteiger partial charge in [-0.25, -0.2) is 0 Å². The summed E-state index contributed by atoms with van der Waals surface area (Å²) < 4.78 is 0. The van der Waals surface area contributed by atoms with Crippen LogP contribution >= 0.6 is 0 Å². The van der Waals surface area contributed by atoms with Gasteiger partial charge in [0.25, 0.3) is 0 Å². The van der Waals surface area contributed by atoms with E-state index in [2.05, 4.69) is 26.8 Å². The fourth-order valence-corrected chi connectivity index (χ4v) is 2.18. The summed E-state index contributed by atoms with van der Waals surface area (Å²) >= 11 is 0. The zero-order valence-corrected chi connectivity index (χ0v) is 9.14. The Bertz CT molecular complexity index is 191. The number of allylic oxidation sites excluding steroid dienone is 2. The fraction of sp³-hybridized carbons (Fsp3) is 0.833. The molecule has 0 fully saturated rings. The molecule has 0 unspecified atom stereocenters. The Labute approximate surface area is 81.9 Å². The van der Waals surface area contributed by atoms with Gasteiger partial charge < -0.3 is 5.11 Å². The molecule has 0 amide bonds. The third-order valence-corrected chi connectivity index (χ3v) is 3.71. The molecule has 0 aromatic heterocycles. The number of aliphatic hydroxyl groups excluding tert-OH is 1. The molecule has 1 aliphatic rings. The molecule has 0 saturated carbocycles. The van der Waals surface area contributed by atoms with Crippen molar-refractivity contribution in [3.8, 4) is 0 Å². The second-order valence-electron chi connectivity index (χ2n) is 4.76. The van der Waals surface area contributed by atoms with Crippen LogP contribution in [0.2, 0.25) is 0 Å². The third-order valence-electron chi connectivity index (χ3n) is 3.71. The van der Waals surface area contributed by atoms with Gasteiger partial charge in [0.15, 0.2) is 0 Å². The summed E-state index contributed by atoms with van der Waals surface area (Å²) in [6, 6.07) is 0. The lowest BCUT2D eigenvalue weighted by Crippen LogP contribution is -2.20.